The number of likely N-dealkylation sites (N-methyl/N-ethyl adjacent to an activating group) is 1. The Kier molecular flexibility index (Phi) is 6.82. The molecular weight excluding hydrogens is 295 g/mol. The summed E-state index contributed by atoms with van der Waals surface area (Å²) in [5.74, 6) is -0.203. The summed E-state index contributed by atoms with van der Waals surface area (Å²) in [5.41, 5.74) is 0.960. The van der Waals surface area contributed by atoms with Crippen molar-refractivity contribution >= 4 is 15.9 Å². The molecule has 18 heavy (non-hydrogen) atoms. The van der Waals surface area contributed by atoms with Crippen LogP contribution < -0.4 is 5.32 Å². The molecule has 0 aliphatic heterocycles. The molecule has 0 spiro atoms. The van der Waals surface area contributed by atoms with E-state index >= 15 is 0 Å². The topological polar surface area (TPSA) is 15.3 Å². The first-order chi connectivity index (χ1) is 8.58. The van der Waals surface area contributed by atoms with Gasteiger partial charge in [0.15, 0.2) is 0 Å². The van der Waals surface area contributed by atoms with Gasteiger partial charge in [0.25, 0.3) is 0 Å². The van der Waals surface area contributed by atoms with Crippen LogP contribution in [0.5, 0.6) is 0 Å². The molecule has 0 radical (unpaired) electrons. The van der Waals surface area contributed by atoms with Crippen LogP contribution in [0.25, 0.3) is 0 Å². The van der Waals surface area contributed by atoms with E-state index in [9.17, 15) is 4.39 Å². The Morgan fingerprint density at radius 3 is 2.61 bits per heavy atom. The highest BCUT2D eigenvalue weighted by Crippen LogP contribution is 2.20. The zero-order valence-electron chi connectivity index (χ0n) is 11.3. The molecule has 1 atom stereocenters. The van der Waals surface area contributed by atoms with Gasteiger partial charge in [-0.1, -0.05) is 26.0 Å². The molecule has 0 saturated heterocycles. The molecule has 0 bridgehead atoms. The Labute approximate surface area is 118 Å². The van der Waals surface area contributed by atoms with E-state index < -0.39 is 0 Å². The van der Waals surface area contributed by atoms with E-state index in [1.807, 2.05) is 6.07 Å². The molecule has 1 N–H and O–H groups in total. The van der Waals surface area contributed by atoms with Crippen LogP contribution in [0.15, 0.2) is 22.7 Å². The molecule has 0 fully saturated rings. The third-order valence-corrected chi connectivity index (χ3v) is 3.99. The summed E-state index contributed by atoms with van der Waals surface area (Å²) in [6.07, 6.45) is 0. The number of rotatable bonds is 7. The van der Waals surface area contributed by atoms with Crippen molar-refractivity contribution in [2.24, 2.45) is 0 Å². The van der Waals surface area contributed by atoms with Gasteiger partial charge < -0.3 is 10.2 Å². The highest BCUT2D eigenvalue weighted by Gasteiger charge is 2.09. The molecule has 0 aromatic heterocycles. The lowest BCUT2D eigenvalue weighted by Gasteiger charge is -2.23. The largest absolute Gasteiger partial charge is 0.309 e. The Morgan fingerprint density at radius 2 is 2.00 bits per heavy atom. The standard InChI is InChI=1S/C14H22BrFN2/c1-4-18(5-2)10-11(3)17-9-12-7-6-8-13(16)14(12)15/h6-8,11,17H,4-5,9-10H2,1-3H3. The maximum Gasteiger partial charge on any atom is 0.137 e. The van der Waals surface area contributed by atoms with Gasteiger partial charge in [0.05, 0.1) is 4.47 Å². The van der Waals surface area contributed by atoms with Gasteiger partial charge in [0.2, 0.25) is 0 Å². The third kappa shape index (κ3) is 4.67. The predicted molar refractivity (Wildman–Crippen MR) is 78.2 cm³/mol. The van der Waals surface area contributed by atoms with E-state index in [-0.39, 0.29) is 5.82 Å². The second-order valence-corrected chi connectivity index (χ2v) is 5.27. The Morgan fingerprint density at radius 1 is 1.33 bits per heavy atom. The molecule has 102 valence electrons. The molecule has 1 aromatic carbocycles. The van der Waals surface area contributed by atoms with Crippen molar-refractivity contribution in [2.75, 3.05) is 19.6 Å². The fraction of sp³-hybridized carbons (Fsp3) is 0.571. The average molecular weight is 317 g/mol. The fourth-order valence-corrected chi connectivity index (χ4v) is 2.31. The van der Waals surface area contributed by atoms with Crippen LogP contribution in [0.2, 0.25) is 0 Å². The summed E-state index contributed by atoms with van der Waals surface area (Å²) in [4.78, 5) is 2.37. The van der Waals surface area contributed by atoms with Crippen molar-refractivity contribution in [3.63, 3.8) is 0 Å². The predicted octanol–water partition coefficient (Wildman–Crippen LogP) is 3.41. The van der Waals surface area contributed by atoms with Crippen molar-refractivity contribution in [1.82, 2.24) is 10.2 Å². The highest BCUT2D eigenvalue weighted by atomic mass is 79.9. The first-order valence-corrected chi connectivity index (χ1v) is 7.26. The monoisotopic (exact) mass is 316 g/mol. The summed E-state index contributed by atoms with van der Waals surface area (Å²) >= 11 is 3.28. The number of hydrogen-bond donors (Lipinski definition) is 1. The molecule has 1 aromatic rings. The van der Waals surface area contributed by atoms with E-state index in [4.69, 9.17) is 0 Å². The van der Waals surface area contributed by atoms with Gasteiger partial charge >= 0.3 is 0 Å². The number of benzene rings is 1. The van der Waals surface area contributed by atoms with E-state index in [0.29, 0.717) is 17.1 Å². The van der Waals surface area contributed by atoms with Crippen LogP contribution in [0.4, 0.5) is 4.39 Å². The summed E-state index contributed by atoms with van der Waals surface area (Å²) in [7, 11) is 0. The minimum atomic E-state index is -0.203. The van der Waals surface area contributed by atoms with Gasteiger partial charge in [0.1, 0.15) is 5.82 Å². The maximum absolute atomic E-state index is 13.3. The minimum absolute atomic E-state index is 0.203. The van der Waals surface area contributed by atoms with Gasteiger partial charge in [-0.3, -0.25) is 0 Å². The van der Waals surface area contributed by atoms with Crippen molar-refractivity contribution < 1.29 is 4.39 Å². The van der Waals surface area contributed by atoms with Gasteiger partial charge in [-0.25, -0.2) is 4.39 Å². The Bertz CT molecular complexity index is 367. The maximum atomic E-state index is 13.3. The normalized spacial score (nSPS) is 13.0. The molecule has 4 heteroatoms. The van der Waals surface area contributed by atoms with Crippen molar-refractivity contribution in [1.29, 1.82) is 0 Å². The lowest BCUT2D eigenvalue weighted by Crippen LogP contribution is -2.38. The van der Waals surface area contributed by atoms with E-state index in [1.54, 1.807) is 6.07 Å². The first kappa shape index (κ1) is 15.6. The SMILES string of the molecule is CCN(CC)CC(C)NCc1cccc(F)c1Br. The number of halogens is 2. The number of nitrogens with one attached hydrogen (secondary N) is 1. The molecule has 1 rings (SSSR count). The van der Waals surface area contributed by atoms with Crippen molar-refractivity contribution in [2.45, 2.75) is 33.4 Å². The lowest BCUT2D eigenvalue weighted by atomic mass is 10.2. The summed E-state index contributed by atoms with van der Waals surface area (Å²) in [6, 6.07) is 5.53. The summed E-state index contributed by atoms with van der Waals surface area (Å²) < 4.78 is 13.9. The van der Waals surface area contributed by atoms with Gasteiger partial charge in [-0.05, 0) is 47.6 Å². The van der Waals surface area contributed by atoms with Gasteiger partial charge in [-0.2, -0.15) is 0 Å². The van der Waals surface area contributed by atoms with E-state index in [1.165, 1.54) is 6.07 Å². The van der Waals surface area contributed by atoms with Gasteiger partial charge in [-0.15, -0.1) is 0 Å². The van der Waals surface area contributed by atoms with Gasteiger partial charge in [0, 0.05) is 19.1 Å². The van der Waals surface area contributed by atoms with Crippen LogP contribution in [0.3, 0.4) is 0 Å². The van der Waals surface area contributed by atoms with Crippen molar-refractivity contribution in [3.8, 4) is 0 Å². The molecule has 0 aliphatic rings. The lowest BCUT2D eigenvalue weighted by molar-refractivity contribution is 0.270. The second kappa shape index (κ2) is 7.87. The second-order valence-electron chi connectivity index (χ2n) is 4.48. The molecule has 0 heterocycles. The quantitative estimate of drug-likeness (QED) is 0.829. The molecule has 1 unspecified atom stereocenters. The summed E-state index contributed by atoms with van der Waals surface area (Å²) in [6.45, 7) is 10.3. The van der Waals surface area contributed by atoms with E-state index in [0.717, 1.165) is 25.2 Å². The van der Waals surface area contributed by atoms with Crippen LogP contribution >= 0.6 is 15.9 Å². The number of nitrogens with zero attached hydrogens (tertiary/aromatic N) is 1. The molecule has 0 aliphatic carbocycles. The van der Waals surface area contributed by atoms with Crippen LogP contribution in [0, 0.1) is 5.82 Å². The smallest absolute Gasteiger partial charge is 0.137 e. The third-order valence-electron chi connectivity index (χ3n) is 3.10. The van der Waals surface area contributed by atoms with Crippen molar-refractivity contribution in [3.05, 3.63) is 34.1 Å². The van der Waals surface area contributed by atoms with Crippen LogP contribution in [-0.2, 0) is 6.54 Å². The van der Waals surface area contributed by atoms with Crippen LogP contribution in [-0.4, -0.2) is 30.6 Å². The zero-order valence-corrected chi connectivity index (χ0v) is 12.9. The Balaban J connectivity index is 2.47. The fourth-order valence-electron chi connectivity index (χ4n) is 1.90. The number of hydrogen-bond acceptors (Lipinski definition) is 2. The Hall–Kier alpha value is -0.450. The minimum Gasteiger partial charge on any atom is -0.309 e. The first-order valence-electron chi connectivity index (χ1n) is 6.47. The highest BCUT2D eigenvalue weighted by molar-refractivity contribution is 9.10. The molecule has 0 amide bonds. The molecular formula is C14H22BrFN2. The molecule has 0 saturated carbocycles. The van der Waals surface area contributed by atoms with Crippen LogP contribution in [0.1, 0.15) is 26.3 Å². The van der Waals surface area contributed by atoms with E-state index in [2.05, 4.69) is 46.9 Å². The summed E-state index contributed by atoms with van der Waals surface area (Å²) in [5, 5.41) is 3.43. The average Bonchev–Trinajstić information content (AvgIpc) is 2.37. The molecule has 2 nitrogen and oxygen atoms in total. The zero-order chi connectivity index (χ0) is 13.5.